The standard InChI is InChI=1S/C36H38N2O14/c1-8-17(3)29-34(44)38(47)36(18(4)9-2,35(45)37(29)46)51-26-16-23(12-15-25(26)52-38)28-31(43)30(42)27(22-10-13-24(14-11-22)48-19(5)39)32(49-20(6)40)33(28)50-21(7)41/h10-18,42-44,46H,8-9H2,1-7H3/t17-,18-,36+,38+/m0/s1. The molecule has 0 saturated heterocycles. The number of allylic oxidation sites excluding steroid dienone is 1. The van der Waals surface area contributed by atoms with Gasteiger partial charge in [-0.3, -0.25) is 29.2 Å². The van der Waals surface area contributed by atoms with Gasteiger partial charge < -0.3 is 39.5 Å². The maximum Gasteiger partial charge on any atom is 0.374 e. The Labute approximate surface area is 297 Å². The molecule has 1 amide bonds. The monoisotopic (exact) mass is 722 g/mol. The highest BCUT2D eigenvalue weighted by atomic mass is 17.0. The number of aliphatic hydroxyl groups is 1. The second-order valence-electron chi connectivity index (χ2n) is 12.5. The molecule has 52 heavy (non-hydrogen) atoms. The van der Waals surface area contributed by atoms with Gasteiger partial charge in [0.25, 0.3) is 0 Å². The van der Waals surface area contributed by atoms with Crippen LogP contribution in [-0.2, 0) is 19.2 Å². The summed E-state index contributed by atoms with van der Waals surface area (Å²) in [6, 6.07) is 9.26. The van der Waals surface area contributed by atoms with Crippen molar-refractivity contribution in [2.24, 2.45) is 11.8 Å². The SMILES string of the molecule is CC[C@H](C)C1=C(O)[N@@+]2([O-])Oc3ccc(-c4c(O)c(O)c(-c5ccc(OC(C)=O)cc5)c(OC(C)=O)c4OC(C)=O)cc3O[C@]2([C@@H](C)CC)C(=O)N1O. The van der Waals surface area contributed by atoms with Crippen LogP contribution in [0.3, 0.4) is 0 Å². The van der Waals surface area contributed by atoms with Crippen LogP contribution >= 0.6 is 0 Å². The van der Waals surface area contributed by atoms with E-state index in [9.17, 15) is 44.9 Å². The summed E-state index contributed by atoms with van der Waals surface area (Å²) in [6.07, 6.45) is 0.488. The summed E-state index contributed by atoms with van der Waals surface area (Å²) in [4.78, 5) is 54.0. The second kappa shape index (κ2) is 13.7. The Balaban J connectivity index is 1.76. The molecule has 3 aromatic carbocycles. The van der Waals surface area contributed by atoms with Gasteiger partial charge in [0.15, 0.2) is 34.4 Å². The van der Waals surface area contributed by atoms with Crippen LogP contribution in [0.1, 0.15) is 61.3 Å². The maximum atomic E-state index is 14.6. The Morgan fingerprint density at radius 3 is 1.85 bits per heavy atom. The van der Waals surface area contributed by atoms with Crippen molar-refractivity contribution in [2.75, 3.05) is 0 Å². The van der Waals surface area contributed by atoms with Gasteiger partial charge in [-0.05, 0) is 54.3 Å². The van der Waals surface area contributed by atoms with Gasteiger partial charge in [-0.2, -0.15) is 5.06 Å². The Morgan fingerprint density at radius 1 is 0.827 bits per heavy atom. The molecule has 0 unspecified atom stereocenters. The van der Waals surface area contributed by atoms with Crippen LogP contribution in [-0.4, -0.2) is 59.9 Å². The van der Waals surface area contributed by atoms with Gasteiger partial charge in [0, 0.05) is 26.7 Å². The van der Waals surface area contributed by atoms with Gasteiger partial charge in [0.1, 0.15) is 5.75 Å². The van der Waals surface area contributed by atoms with Crippen LogP contribution < -0.4 is 23.8 Å². The number of benzene rings is 3. The Kier molecular flexibility index (Phi) is 9.86. The van der Waals surface area contributed by atoms with E-state index in [0.29, 0.717) is 6.42 Å². The highest BCUT2D eigenvalue weighted by Gasteiger charge is 2.72. The van der Waals surface area contributed by atoms with E-state index >= 15 is 0 Å². The summed E-state index contributed by atoms with van der Waals surface area (Å²) >= 11 is 0. The first-order chi connectivity index (χ1) is 24.4. The number of amides is 1. The Hall–Kier alpha value is -5.84. The van der Waals surface area contributed by atoms with Crippen LogP contribution in [0.5, 0.6) is 40.2 Å². The number of phenolic OH excluding ortho intramolecular Hbond substituents is 2. The van der Waals surface area contributed by atoms with Crippen LogP contribution in [0.25, 0.3) is 22.3 Å². The lowest BCUT2D eigenvalue weighted by atomic mass is 9.89. The Bertz CT molecular complexity index is 2010. The zero-order valence-corrected chi connectivity index (χ0v) is 29.4. The van der Waals surface area contributed by atoms with Crippen molar-refractivity contribution in [1.82, 2.24) is 5.06 Å². The van der Waals surface area contributed by atoms with Crippen LogP contribution in [0.15, 0.2) is 54.0 Å². The van der Waals surface area contributed by atoms with E-state index in [1.165, 1.54) is 56.3 Å². The number of hydrogen-bond acceptors (Lipinski definition) is 14. The molecule has 0 spiro atoms. The molecule has 0 aliphatic carbocycles. The van der Waals surface area contributed by atoms with Gasteiger partial charge in [-0.1, -0.05) is 44.6 Å². The zero-order chi connectivity index (χ0) is 38.4. The molecule has 5 rings (SSSR count). The average molecular weight is 723 g/mol. The summed E-state index contributed by atoms with van der Waals surface area (Å²) in [6.45, 7) is 9.81. The van der Waals surface area contributed by atoms with E-state index in [0.717, 1.165) is 13.8 Å². The molecule has 2 heterocycles. The van der Waals surface area contributed by atoms with Crippen molar-refractivity contribution in [2.45, 2.75) is 67.0 Å². The largest absolute Gasteiger partial charge is 0.578 e. The average Bonchev–Trinajstić information content (AvgIpc) is 3.08. The smallest absolute Gasteiger partial charge is 0.374 e. The minimum Gasteiger partial charge on any atom is -0.578 e. The lowest BCUT2D eigenvalue weighted by Crippen LogP contribution is -2.78. The number of carbonyl (C=O) groups excluding carboxylic acids is 4. The molecule has 0 aromatic heterocycles. The first-order valence-corrected chi connectivity index (χ1v) is 16.3. The molecule has 16 nitrogen and oxygen atoms in total. The lowest BCUT2D eigenvalue weighted by molar-refractivity contribution is -1.08. The lowest BCUT2D eigenvalue weighted by Gasteiger charge is -2.56. The number of hydroxylamine groups is 6. The first kappa shape index (κ1) is 37.4. The number of ether oxygens (including phenoxy) is 4. The third-order valence-corrected chi connectivity index (χ3v) is 9.01. The van der Waals surface area contributed by atoms with Crippen molar-refractivity contribution in [1.29, 1.82) is 0 Å². The molecular weight excluding hydrogens is 684 g/mol. The number of nitrogens with zero attached hydrogens (tertiary/aromatic N) is 2. The van der Waals surface area contributed by atoms with E-state index in [-0.39, 0.29) is 56.7 Å². The van der Waals surface area contributed by atoms with E-state index in [1.807, 2.05) is 0 Å². The number of aliphatic hydroxyl groups excluding tert-OH is 1. The maximum absolute atomic E-state index is 14.6. The zero-order valence-electron chi connectivity index (χ0n) is 29.4. The van der Waals surface area contributed by atoms with Crippen molar-refractivity contribution in [3.8, 4) is 62.5 Å². The number of hydrogen-bond donors (Lipinski definition) is 4. The van der Waals surface area contributed by atoms with Gasteiger partial charge in [-0.15, -0.1) is 0 Å². The van der Waals surface area contributed by atoms with E-state index < -0.39 is 75.1 Å². The van der Waals surface area contributed by atoms with Gasteiger partial charge in [-0.25, -0.2) is 0 Å². The van der Waals surface area contributed by atoms with E-state index in [1.54, 1.807) is 20.8 Å². The van der Waals surface area contributed by atoms with Crippen molar-refractivity contribution in [3.05, 3.63) is 59.3 Å². The fourth-order valence-corrected chi connectivity index (χ4v) is 6.18. The molecule has 4 atom stereocenters. The molecule has 2 aliphatic rings. The number of rotatable bonds is 9. The fourth-order valence-electron chi connectivity index (χ4n) is 6.18. The molecule has 16 heteroatoms. The molecule has 3 aromatic rings. The third-order valence-electron chi connectivity index (χ3n) is 9.01. The summed E-state index contributed by atoms with van der Waals surface area (Å²) < 4.78 is 22.2. The molecule has 0 radical (unpaired) electrons. The fraction of sp³-hybridized carbons (Fsp3) is 0.333. The first-order valence-electron chi connectivity index (χ1n) is 16.3. The molecule has 276 valence electrons. The molecule has 0 bridgehead atoms. The highest BCUT2D eigenvalue weighted by Crippen LogP contribution is 2.58. The minimum atomic E-state index is -2.61. The number of esters is 3. The highest BCUT2D eigenvalue weighted by molar-refractivity contribution is 5.96. The summed E-state index contributed by atoms with van der Waals surface area (Å²) in [5.74, 6) is -9.22. The Morgan fingerprint density at radius 2 is 1.35 bits per heavy atom. The van der Waals surface area contributed by atoms with Crippen LogP contribution in [0.4, 0.5) is 0 Å². The van der Waals surface area contributed by atoms with E-state index in [2.05, 4.69) is 0 Å². The summed E-state index contributed by atoms with van der Waals surface area (Å²) in [5.41, 5.74) is -3.50. The predicted molar refractivity (Wildman–Crippen MR) is 179 cm³/mol. The molecule has 0 fully saturated rings. The van der Waals surface area contributed by atoms with Crippen LogP contribution in [0.2, 0.25) is 0 Å². The quantitative estimate of drug-likeness (QED) is 0.0500. The normalized spacial score (nSPS) is 20.5. The van der Waals surface area contributed by atoms with E-state index in [4.69, 9.17) is 23.8 Å². The van der Waals surface area contributed by atoms with Gasteiger partial charge in [0.2, 0.25) is 5.75 Å². The topological polar surface area (TPSA) is 222 Å². The van der Waals surface area contributed by atoms with Crippen LogP contribution in [0, 0.1) is 17.0 Å². The molecular formula is C36H38N2O14. The van der Waals surface area contributed by atoms with Crippen molar-refractivity contribution in [3.63, 3.8) is 0 Å². The van der Waals surface area contributed by atoms with Crippen molar-refractivity contribution >= 4 is 23.8 Å². The summed E-state index contributed by atoms with van der Waals surface area (Å²) in [5, 5.41) is 60.2. The number of aromatic hydroxyl groups is 2. The number of fused-ring (bicyclic) bond motifs is 2. The van der Waals surface area contributed by atoms with Gasteiger partial charge in [0.05, 0.1) is 17.0 Å². The molecule has 0 saturated carbocycles. The molecule has 2 aliphatic heterocycles. The number of phenols is 2. The number of quaternary nitrogens is 1. The number of carbonyl (C=O) groups is 4. The summed E-state index contributed by atoms with van der Waals surface area (Å²) in [7, 11) is 0. The second-order valence-corrected chi connectivity index (χ2v) is 12.5. The van der Waals surface area contributed by atoms with Gasteiger partial charge >= 0.3 is 35.4 Å². The minimum absolute atomic E-state index is 0.0501. The molecule has 4 N–H and O–H groups in total. The van der Waals surface area contributed by atoms with Crippen molar-refractivity contribution < 1.29 is 68.3 Å². The predicted octanol–water partition coefficient (Wildman–Crippen LogP) is 5.96. The third kappa shape index (κ3) is 5.89.